The van der Waals surface area contributed by atoms with E-state index < -0.39 is 0 Å². The molecule has 0 saturated heterocycles. The molecule has 2 atom stereocenters. The van der Waals surface area contributed by atoms with Gasteiger partial charge >= 0.3 is 5.97 Å². The molecule has 0 radical (unpaired) electrons. The summed E-state index contributed by atoms with van der Waals surface area (Å²) in [5.41, 5.74) is 0.952. The molecule has 21 heavy (non-hydrogen) atoms. The van der Waals surface area contributed by atoms with Gasteiger partial charge in [0, 0.05) is 0 Å². The molecule has 4 nitrogen and oxygen atoms in total. The molecule has 0 spiro atoms. The molecule has 5 heteroatoms. The van der Waals surface area contributed by atoms with Crippen LogP contribution in [-0.4, -0.2) is 36.0 Å². The average Bonchev–Trinajstić information content (AvgIpc) is 2.81. The van der Waals surface area contributed by atoms with Gasteiger partial charge in [-0.15, -0.1) is 11.3 Å². The Morgan fingerprint density at radius 2 is 1.90 bits per heavy atom. The number of thiazole rings is 1. The molecule has 0 fully saturated rings. The Hall–Kier alpha value is -1.46. The maximum atomic E-state index is 12.3. The fraction of sp³-hybridized carbons (Fsp3) is 0.500. The zero-order chi connectivity index (χ0) is 15.6. The van der Waals surface area contributed by atoms with Crippen molar-refractivity contribution in [3.05, 3.63) is 29.3 Å². The molecular formula is C16H22N2O2S. The first-order chi connectivity index (χ1) is 9.90. The first-order valence-corrected chi connectivity index (χ1v) is 7.94. The molecule has 0 N–H and O–H groups in total. The van der Waals surface area contributed by atoms with E-state index in [1.165, 1.54) is 0 Å². The number of carbonyl (C=O) groups excluding carboxylic acids is 1. The van der Waals surface area contributed by atoms with Gasteiger partial charge in [-0.25, -0.2) is 4.98 Å². The highest BCUT2D eigenvalue weighted by molar-refractivity contribution is 7.18. The molecular weight excluding hydrogens is 284 g/mol. The third kappa shape index (κ3) is 3.60. The van der Waals surface area contributed by atoms with E-state index >= 15 is 0 Å². The van der Waals surface area contributed by atoms with E-state index in [1.807, 2.05) is 64.0 Å². The summed E-state index contributed by atoms with van der Waals surface area (Å²) in [6, 6.07) is 7.72. The summed E-state index contributed by atoms with van der Waals surface area (Å²) in [6.45, 7) is 5.92. The van der Waals surface area contributed by atoms with E-state index in [1.54, 1.807) is 11.3 Å². The van der Waals surface area contributed by atoms with Crippen LogP contribution in [0.3, 0.4) is 0 Å². The number of carbonyl (C=O) groups is 1. The number of fused-ring (bicyclic) bond motifs is 1. The molecule has 2 aromatic rings. The molecule has 0 amide bonds. The second-order valence-electron chi connectivity index (χ2n) is 5.75. The van der Waals surface area contributed by atoms with Crippen LogP contribution in [0.25, 0.3) is 10.2 Å². The predicted octanol–water partition coefficient (Wildman–Crippen LogP) is 3.49. The van der Waals surface area contributed by atoms with Gasteiger partial charge in [-0.3, -0.25) is 9.69 Å². The molecule has 1 heterocycles. The van der Waals surface area contributed by atoms with Gasteiger partial charge in [0.05, 0.1) is 10.2 Å². The third-order valence-corrected chi connectivity index (χ3v) is 4.58. The zero-order valence-electron chi connectivity index (χ0n) is 13.2. The molecule has 114 valence electrons. The van der Waals surface area contributed by atoms with E-state index in [4.69, 9.17) is 4.74 Å². The minimum absolute atomic E-state index is 0.193. The summed E-state index contributed by atoms with van der Waals surface area (Å²) in [4.78, 5) is 18.8. The number of hydrogen-bond acceptors (Lipinski definition) is 5. The van der Waals surface area contributed by atoms with Crippen molar-refractivity contribution in [1.29, 1.82) is 0 Å². The fourth-order valence-corrected chi connectivity index (χ4v) is 3.39. The Kier molecular flexibility index (Phi) is 4.96. The van der Waals surface area contributed by atoms with E-state index in [-0.39, 0.29) is 24.0 Å². The SMILES string of the molecule is CC(C)[C@H](C(=O)O[C@@H](C)c1nc2ccccc2s1)N(C)C. The van der Waals surface area contributed by atoms with Crippen LogP contribution >= 0.6 is 11.3 Å². The third-order valence-electron chi connectivity index (χ3n) is 3.38. The number of esters is 1. The molecule has 1 aromatic heterocycles. The lowest BCUT2D eigenvalue weighted by Gasteiger charge is -2.26. The Balaban J connectivity index is 2.13. The maximum absolute atomic E-state index is 12.3. The van der Waals surface area contributed by atoms with Crippen LogP contribution in [0.1, 0.15) is 31.9 Å². The van der Waals surface area contributed by atoms with Crippen molar-refractivity contribution in [2.24, 2.45) is 5.92 Å². The predicted molar refractivity (Wildman–Crippen MR) is 86.4 cm³/mol. The summed E-state index contributed by atoms with van der Waals surface area (Å²) in [7, 11) is 3.79. The molecule has 0 unspecified atom stereocenters. The van der Waals surface area contributed by atoms with Gasteiger partial charge in [-0.05, 0) is 39.1 Å². The Bertz CT molecular complexity index is 581. The van der Waals surface area contributed by atoms with Crippen LogP contribution < -0.4 is 0 Å². The van der Waals surface area contributed by atoms with Gasteiger partial charge in [0.25, 0.3) is 0 Å². The summed E-state index contributed by atoms with van der Waals surface area (Å²) >= 11 is 1.57. The minimum atomic E-state index is -0.323. The van der Waals surface area contributed by atoms with Crippen LogP contribution in [0.15, 0.2) is 24.3 Å². The van der Waals surface area contributed by atoms with Crippen molar-refractivity contribution in [3.8, 4) is 0 Å². The molecule has 2 rings (SSSR count). The van der Waals surface area contributed by atoms with Gasteiger partial charge in [-0.2, -0.15) is 0 Å². The first-order valence-electron chi connectivity index (χ1n) is 7.12. The van der Waals surface area contributed by atoms with Gasteiger partial charge in [0.1, 0.15) is 11.0 Å². The number of aromatic nitrogens is 1. The lowest BCUT2D eigenvalue weighted by molar-refractivity contribution is -0.155. The van der Waals surface area contributed by atoms with Gasteiger partial charge in [0.2, 0.25) is 0 Å². The average molecular weight is 306 g/mol. The van der Waals surface area contributed by atoms with E-state index in [2.05, 4.69) is 4.98 Å². The van der Waals surface area contributed by atoms with Crippen LogP contribution in [-0.2, 0) is 9.53 Å². The number of para-hydroxylation sites is 1. The highest BCUT2D eigenvalue weighted by atomic mass is 32.1. The molecule has 0 aliphatic heterocycles. The second kappa shape index (κ2) is 6.54. The largest absolute Gasteiger partial charge is 0.454 e. The van der Waals surface area contributed by atoms with Crippen molar-refractivity contribution in [2.75, 3.05) is 14.1 Å². The van der Waals surface area contributed by atoms with Crippen molar-refractivity contribution in [1.82, 2.24) is 9.88 Å². The molecule has 0 aliphatic carbocycles. The normalized spacial score (nSPS) is 14.6. The Morgan fingerprint density at radius 3 is 2.48 bits per heavy atom. The molecule has 1 aromatic carbocycles. The number of ether oxygens (including phenoxy) is 1. The lowest BCUT2D eigenvalue weighted by atomic mass is 10.0. The van der Waals surface area contributed by atoms with Crippen molar-refractivity contribution < 1.29 is 9.53 Å². The van der Waals surface area contributed by atoms with Crippen LogP contribution in [0.5, 0.6) is 0 Å². The number of likely N-dealkylation sites (N-methyl/N-ethyl adjacent to an activating group) is 1. The molecule has 0 aliphatic rings. The van der Waals surface area contributed by atoms with E-state index in [0.717, 1.165) is 15.2 Å². The number of benzene rings is 1. The summed E-state index contributed by atoms with van der Waals surface area (Å²) in [5.74, 6) is 0.0109. The van der Waals surface area contributed by atoms with Gasteiger partial charge < -0.3 is 4.74 Å². The summed E-state index contributed by atoms with van der Waals surface area (Å²) in [6.07, 6.45) is -0.323. The fourth-order valence-electron chi connectivity index (χ4n) is 2.44. The quantitative estimate of drug-likeness (QED) is 0.793. The summed E-state index contributed by atoms with van der Waals surface area (Å²) < 4.78 is 6.73. The summed E-state index contributed by atoms with van der Waals surface area (Å²) in [5, 5.41) is 0.839. The number of rotatable bonds is 5. The van der Waals surface area contributed by atoms with Gasteiger partial charge in [-0.1, -0.05) is 26.0 Å². The van der Waals surface area contributed by atoms with Crippen molar-refractivity contribution in [2.45, 2.75) is 32.9 Å². The van der Waals surface area contributed by atoms with Gasteiger partial charge in [0.15, 0.2) is 6.10 Å². The lowest BCUT2D eigenvalue weighted by Crippen LogP contribution is -2.41. The highest BCUT2D eigenvalue weighted by Gasteiger charge is 2.28. The van der Waals surface area contributed by atoms with Crippen molar-refractivity contribution in [3.63, 3.8) is 0 Å². The Labute approximate surface area is 129 Å². The standard InChI is InChI=1S/C16H22N2O2S/c1-10(2)14(18(4)5)16(19)20-11(3)15-17-12-8-6-7-9-13(12)21-15/h6-11,14H,1-5H3/t11-,14+/m0/s1. The van der Waals surface area contributed by atoms with Crippen LogP contribution in [0.4, 0.5) is 0 Å². The molecule has 0 saturated carbocycles. The highest BCUT2D eigenvalue weighted by Crippen LogP contribution is 2.28. The smallest absolute Gasteiger partial charge is 0.324 e. The topological polar surface area (TPSA) is 42.4 Å². The first kappa shape index (κ1) is 15.9. The van der Waals surface area contributed by atoms with E-state index in [9.17, 15) is 4.79 Å². The number of hydrogen-bond donors (Lipinski definition) is 0. The van der Waals surface area contributed by atoms with Crippen LogP contribution in [0, 0.1) is 5.92 Å². The Morgan fingerprint density at radius 1 is 1.24 bits per heavy atom. The van der Waals surface area contributed by atoms with Crippen molar-refractivity contribution >= 4 is 27.5 Å². The number of nitrogens with zero attached hydrogens (tertiary/aromatic N) is 2. The van der Waals surface area contributed by atoms with E-state index in [0.29, 0.717) is 0 Å². The maximum Gasteiger partial charge on any atom is 0.324 e. The zero-order valence-corrected chi connectivity index (χ0v) is 14.0. The second-order valence-corrected chi connectivity index (χ2v) is 6.81. The monoisotopic (exact) mass is 306 g/mol. The minimum Gasteiger partial charge on any atom is -0.454 e. The van der Waals surface area contributed by atoms with Crippen LogP contribution in [0.2, 0.25) is 0 Å². The molecule has 0 bridgehead atoms.